The summed E-state index contributed by atoms with van der Waals surface area (Å²) < 4.78 is 1.73. The number of hydrogen-bond donors (Lipinski definition) is 1. The average Bonchev–Trinajstić information content (AvgIpc) is 3.14. The second-order valence-electron chi connectivity index (χ2n) is 4.76. The van der Waals surface area contributed by atoms with Gasteiger partial charge in [-0.1, -0.05) is 13.0 Å². The Morgan fingerprint density at radius 1 is 1.19 bits per heavy atom. The van der Waals surface area contributed by atoms with E-state index >= 15 is 0 Å². The molecule has 0 saturated carbocycles. The highest BCUT2D eigenvalue weighted by atomic mass is 32.1. The molecule has 0 unspecified atom stereocenters. The van der Waals surface area contributed by atoms with Crippen molar-refractivity contribution in [1.29, 1.82) is 0 Å². The van der Waals surface area contributed by atoms with Gasteiger partial charge in [0.05, 0.1) is 5.69 Å². The number of nitrogens with one attached hydrogen (secondary N) is 1. The van der Waals surface area contributed by atoms with E-state index in [-0.39, 0.29) is 0 Å². The first-order valence-corrected chi connectivity index (χ1v) is 7.75. The molecule has 0 aliphatic rings. The number of aromatic nitrogens is 4. The first-order valence-electron chi connectivity index (χ1n) is 6.93. The highest BCUT2D eigenvalue weighted by molar-refractivity contribution is 7.12. The van der Waals surface area contributed by atoms with Crippen LogP contribution >= 0.6 is 11.3 Å². The van der Waals surface area contributed by atoms with Crippen molar-refractivity contribution in [3.8, 4) is 5.69 Å². The van der Waals surface area contributed by atoms with Gasteiger partial charge in [0.2, 0.25) is 0 Å². The lowest BCUT2D eigenvalue weighted by atomic mass is 10.2. The van der Waals surface area contributed by atoms with E-state index in [0.717, 1.165) is 30.2 Å². The maximum atomic E-state index is 3.99. The van der Waals surface area contributed by atoms with Crippen molar-refractivity contribution in [3.05, 3.63) is 52.0 Å². The largest absolute Gasteiger partial charge is 0.380 e. The van der Waals surface area contributed by atoms with Crippen LogP contribution in [0.4, 0.5) is 5.69 Å². The van der Waals surface area contributed by atoms with E-state index in [4.69, 9.17) is 0 Å². The average molecular weight is 299 g/mol. The maximum Gasteiger partial charge on any atom is 0.153 e. The van der Waals surface area contributed by atoms with E-state index in [1.807, 2.05) is 30.4 Å². The summed E-state index contributed by atoms with van der Waals surface area (Å²) in [6.07, 6.45) is 1.10. The molecule has 0 radical (unpaired) electrons. The fraction of sp³-hybridized carbons (Fsp3) is 0.267. The molecule has 0 aliphatic carbocycles. The SMILES string of the molecule is CCc1ccc(CNc2cccc(-n3nnnc3C)c2)s1. The number of anilines is 1. The van der Waals surface area contributed by atoms with E-state index in [9.17, 15) is 0 Å². The van der Waals surface area contributed by atoms with Gasteiger partial charge in [-0.15, -0.1) is 16.4 Å². The molecule has 3 aromatic rings. The van der Waals surface area contributed by atoms with Crippen LogP contribution in [0.3, 0.4) is 0 Å². The predicted octanol–water partition coefficient (Wildman–Crippen LogP) is 3.21. The number of rotatable bonds is 5. The molecule has 0 aliphatic heterocycles. The van der Waals surface area contributed by atoms with Gasteiger partial charge in [0.1, 0.15) is 0 Å². The van der Waals surface area contributed by atoms with Crippen molar-refractivity contribution < 1.29 is 0 Å². The summed E-state index contributed by atoms with van der Waals surface area (Å²) >= 11 is 1.86. The lowest BCUT2D eigenvalue weighted by molar-refractivity contribution is 0.779. The fourth-order valence-corrected chi connectivity index (χ4v) is 3.01. The van der Waals surface area contributed by atoms with Crippen LogP contribution in [0.25, 0.3) is 5.69 Å². The van der Waals surface area contributed by atoms with Crippen LogP contribution in [0.2, 0.25) is 0 Å². The third kappa shape index (κ3) is 3.11. The molecule has 0 fully saturated rings. The molecule has 1 aromatic carbocycles. The number of benzene rings is 1. The summed E-state index contributed by atoms with van der Waals surface area (Å²) in [5, 5.41) is 15.0. The Morgan fingerprint density at radius 3 is 2.76 bits per heavy atom. The smallest absolute Gasteiger partial charge is 0.153 e. The topological polar surface area (TPSA) is 55.6 Å². The van der Waals surface area contributed by atoms with Crippen molar-refractivity contribution in [2.24, 2.45) is 0 Å². The van der Waals surface area contributed by atoms with Crippen molar-refractivity contribution in [2.45, 2.75) is 26.8 Å². The Balaban J connectivity index is 1.73. The number of nitrogens with zero attached hydrogens (tertiary/aromatic N) is 4. The Labute approximate surface area is 127 Å². The van der Waals surface area contributed by atoms with E-state index in [1.54, 1.807) is 4.68 Å². The third-order valence-electron chi connectivity index (χ3n) is 3.25. The van der Waals surface area contributed by atoms with Crippen molar-refractivity contribution in [3.63, 3.8) is 0 Å². The highest BCUT2D eigenvalue weighted by Crippen LogP contribution is 2.20. The number of thiophene rings is 1. The third-order valence-corrected chi connectivity index (χ3v) is 4.48. The number of aryl methyl sites for hydroxylation is 2. The minimum absolute atomic E-state index is 0.776. The predicted molar refractivity (Wildman–Crippen MR) is 84.9 cm³/mol. The fourth-order valence-electron chi connectivity index (χ4n) is 2.11. The summed E-state index contributed by atoms with van der Waals surface area (Å²) in [7, 11) is 0. The van der Waals surface area contributed by atoms with Crippen molar-refractivity contribution in [1.82, 2.24) is 20.2 Å². The minimum Gasteiger partial charge on any atom is -0.380 e. The molecule has 0 amide bonds. The van der Waals surface area contributed by atoms with Gasteiger partial charge in [-0.25, -0.2) is 0 Å². The molecule has 2 heterocycles. The number of tetrazole rings is 1. The van der Waals surface area contributed by atoms with Crippen LogP contribution in [-0.2, 0) is 13.0 Å². The summed E-state index contributed by atoms with van der Waals surface area (Å²) in [6, 6.07) is 12.5. The first kappa shape index (κ1) is 13.8. The van der Waals surface area contributed by atoms with Crippen LogP contribution in [0.15, 0.2) is 36.4 Å². The Kier molecular flexibility index (Phi) is 3.96. The summed E-state index contributed by atoms with van der Waals surface area (Å²) in [5.74, 6) is 0.776. The molecule has 21 heavy (non-hydrogen) atoms. The summed E-state index contributed by atoms with van der Waals surface area (Å²) in [4.78, 5) is 2.76. The molecule has 0 bridgehead atoms. The molecule has 3 rings (SSSR count). The molecule has 2 aromatic heterocycles. The van der Waals surface area contributed by atoms with Crippen LogP contribution in [-0.4, -0.2) is 20.2 Å². The Bertz CT molecular complexity index is 731. The quantitative estimate of drug-likeness (QED) is 0.786. The van der Waals surface area contributed by atoms with Gasteiger partial charge >= 0.3 is 0 Å². The van der Waals surface area contributed by atoms with E-state index < -0.39 is 0 Å². The van der Waals surface area contributed by atoms with E-state index in [2.05, 4.69) is 52.0 Å². The molecular formula is C15H17N5S. The second-order valence-corrected chi connectivity index (χ2v) is 6.02. The first-order chi connectivity index (χ1) is 10.3. The molecule has 108 valence electrons. The van der Waals surface area contributed by atoms with Gasteiger partial charge < -0.3 is 5.32 Å². The van der Waals surface area contributed by atoms with E-state index in [0.29, 0.717) is 0 Å². The van der Waals surface area contributed by atoms with Crippen LogP contribution in [0.1, 0.15) is 22.5 Å². The summed E-state index contributed by atoms with van der Waals surface area (Å²) in [5.41, 5.74) is 2.02. The normalized spacial score (nSPS) is 10.8. The van der Waals surface area contributed by atoms with Crippen LogP contribution in [0.5, 0.6) is 0 Å². The molecule has 5 nitrogen and oxygen atoms in total. The molecule has 0 spiro atoms. The van der Waals surface area contributed by atoms with Crippen molar-refractivity contribution in [2.75, 3.05) is 5.32 Å². The standard InChI is InChI=1S/C15H17N5S/c1-3-14-7-8-15(21-14)10-16-12-5-4-6-13(9-12)20-11(2)17-18-19-20/h4-9,16H,3,10H2,1-2H3. The van der Waals surface area contributed by atoms with E-state index in [1.165, 1.54) is 9.75 Å². The Morgan fingerprint density at radius 2 is 2.05 bits per heavy atom. The van der Waals surface area contributed by atoms with Crippen molar-refractivity contribution >= 4 is 17.0 Å². The molecule has 0 saturated heterocycles. The lowest BCUT2D eigenvalue weighted by Crippen LogP contribution is -2.02. The zero-order valence-electron chi connectivity index (χ0n) is 12.1. The van der Waals surface area contributed by atoms with Gasteiger partial charge in [0, 0.05) is 22.0 Å². The van der Waals surface area contributed by atoms with Crippen LogP contribution < -0.4 is 5.32 Å². The maximum absolute atomic E-state index is 3.99. The molecule has 6 heteroatoms. The molecule has 0 atom stereocenters. The Hall–Kier alpha value is -2.21. The van der Waals surface area contributed by atoms with Gasteiger partial charge in [-0.2, -0.15) is 4.68 Å². The van der Waals surface area contributed by atoms with Gasteiger partial charge in [0.25, 0.3) is 0 Å². The summed E-state index contributed by atoms with van der Waals surface area (Å²) in [6.45, 7) is 4.90. The van der Waals surface area contributed by atoms with Crippen LogP contribution in [0, 0.1) is 6.92 Å². The second kappa shape index (κ2) is 6.05. The zero-order valence-corrected chi connectivity index (χ0v) is 12.9. The zero-order chi connectivity index (χ0) is 14.7. The highest BCUT2D eigenvalue weighted by Gasteiger charge is 2.04. The van der Waals surface area contributed by atoms with Gasteiger partial charge in [0.15, 0.2) is 5.82 Å². The number of hydrogen-bond acceptors (Lipinski definition) is 5. The van der Waals surface area contributed by atoms with Gasteiger partial charge in [-0.05, 0) is 54.1 Å². The van der Waals surface area contributed by atoms with Gasteiger partial charge in [-0.3, -0.25) is 0 Å². The minimum atomic E-state index is 0.776. The molecular weight excluding hydrogens is 282 g/mol. The lowest BCUT2D eigenvalue weighted by Gasteiger charge is -2.07. The molecule has 1 N–H and O–H groups in total. The monoisotopic (exact) mass is 299 g/mol.